The average Bonchev–Trinajstić information content (AvgIpc) is 2.77. The van der Waals surface area contributed by atoms with Gasteiger partial charge in [0.25, 0.3) is 5.56 Å². The molecule has 8 heteroatoms. The van der Waals surface area contributed by atoms with Crippen molar-refractivity contribution in [2.75, 3.05) is 23.3 Å². The van der Waals surface area contributed by atoms with Gasteiger partial charge in [-0.15, -0.1) is 5.10 Å². The van der Waals surface area contributed by atoms with Crippen molar-refractivity contribution in [3.05, 3.63) is 80.8 Å². The summed E-state index contributed by atoms with van der Waals surface area (Å²) in [6.45, 7) is 3.27. The van der Waals surface area contributed by atoms with Crippen LogP contribution >= 0.6 is 15.9 Å². The summed E-state index contributed by atoms with van der Waals surface area (Å²) in [7, 11) is 0. The molecule has 0 atom stereocenters. The molecule has 1 amide bonds. The number of amides is 1. The van der Waals surface area contributed by atoms with E-state index in [0.29, 0.717) is 37.4 Å². The Balaban J connectivity index is 1.43. The van der Waals surface area contributed by atoms with E-state index in [9.17, 15) is 14.0 Å². The lowest BCUT2D eigenvalue weighted by atomic mass is 9.95. The smallest absolute Gasteiger partial charge is 0.271 e. The van der Waals surface area contributed by atoms with Crippen molar-refractivity contribution in [3.8, 4) is 5.69 Å². The van der Waals surface area contributed by atoms with Gasteiger partial charge in [0.1, 0.15) is 11.6 Å². The molecule has 1 aliphatic rings. The van der Waals surface area contributed by atoms with Crippen molar-refractivity contribution in [2.45, 2.75) is 19.8 Å². The van der Waals surface area contributed by atoms with E-state index in [1.807, 2.05) is 30.0 Å². The van der Waals surface area contributed by atoms with Crippen LogP contribution in [0.25, 0.3) is 5.69 Å². The van der Waals surface area contributed by atoms with Crippen LogP contribution in [0.1, 0.15) is 18.4 Å². The molecule has 4 rings (SSSR count). The molecule has 1 saturated heterocycles. The van der Waals surface area contributed by atoms with Crippen LogP contribution in [0.5, 0.6) is 0 Å². The van der Waals surface area contributed by atoms with Crippen LogP contribution in [0, 0.1) is 18.7 Å². The van der Waals surface area contributed by atoms with Crippen molar-refractivity contribution in [1.82, 2.24) is 9.78 Å². The third-order valence-corrected chi connectivity index (χ3v) is 6.34. The average molecular weight is 485 g/mol. The van der Waals surface area contributed by atoms with Crippen LogP contribution < -0.4 is 15.8 Å². The number of hydrogen-bond acceptors (Lipinski definition) is 4. The Morgan fingerprint density at radius 2 is 1.90 bits per heavy atom. The zero-order chi connectivity index (χ0) is 22.0. The second-order valence-electron chi connectivity index (χ2n) is 7.64. The first-order valence-corrected chi connectivity index (χ1v) is 10.9. The van der Waals surface area contributed by atoms with Crippen molar-refractivity contribution >= 4 is 33.3 Å². The summed E-state index contributed by atoms with van der Waals surface area (Å²) < 4.78 is 15.8. The number of halogens is 2. The Morgan fingerprint density at radius 1 is 1.13 bits per heavy atom. The first kappa shape index (κ1) is 21.2. The molecule has 1 N–H and O–H groups in total. The molecule has 1 aromatic heterocycles. The van der Waals surface area contributed by atoms with E-state index in [1.165, 1.54) is 22.9 Å². The van der Waals surface area contributed by atoms with Gasteiger partial charge in [0.15, 0.2) is 0 Å². The molecule has 2 aromatic carbocycles. The lowest BCUT2D eigenvalue weighted by Crippen LogP contribution is -2.39. The zero-order valence-electron chi connectivity index (χ0n) is 17.0. The fraction of sp³-hybridized carbons (Fsp3) is 0.261. The minimum atomic E-state index is -0.426. The van der Waals surface area contributed by atoms with Gasteiger partial charge in [-0.1, -0.05) is 22.0 Å². The molecule has 1 aliphatic heterocycles. The lowest BCUT2D eigenvalue weighted by Gasteiger charge is -2.32. The molecular weight excluding hydrogens is 463 g/mol. The maximum Gasteiger partial charge on any atom is 0.271 e. The van der Waals surface area contributed by atoms with Gasteiger partial charge in [-0.05, 0) is 67.8 Å². The summed E-state index contributed by atoms with van der Waals surface area (Å²) >= 11 is 3.46. The molecule has 2 heterocycles. The van der Waals surface area contributed by atoms with E-state index in [4.69, 9.17) is 0 Å². The molecule has 0 bridgehead atoms. The summed E-state index contributed by atoms with van der Waals surface area (Å²) in [5.74, 6) is 0.129. The van der Waals surface area contributed by atoms with Gasteiger partial charge in [0, 0.05) is 35.2 Å². The van der Waals surface area contributed by atoms with Crippen LogP contribution in [0.3, 0.4) is 0 Å². The molecule has 0 unspecified atom stereocenters. The van der Waals surface area contributed by atoms with Crippen LogP contribution in [0.2, 0.25) is 0 Å². The standard InChI is InChI=1S/C23H22BrFN4O2/c1-15-13-18(5-6-20(15)24)26-23(31)16-9-11-28(12-10-16)21-7-8-22(30)29(27-21)19-4-2-3-17(25)14-19/h2-8,13-14,16H,9-12H2,1H3,(H,26,31). The number of rotatable bonds is 4. The van der Waals surface area contributed by atoms with Crippen LogP contribution in [0.15, 0.2) is 63.9 Å². The molecular formula is C23H22BrFN4O2. The number of aromatic nitrogens is 2. The summed E-state index contributed by atoms with van der Waals surface area (Å²) in [5, 5.41) is 7.42. The monoisotopic (exact) mass is 484 g/mol. The first-order valence-electron chi connectivity index (χ1n) is 10.1. The Labute approximate surface area is 187 Å². The molecule has 6 nitrogen and oxygen atoms in total. The SMILES string of the molecule is Cc1cc(NC(=O)C2CCN(c3ccc(=O)n(-c4cccc(F)c4)n3)CC2)ccc1Br. The maximum atomic E-state index is 13.6. The van der Waals surface area contributed by atoms with E-state index in [0.717, 1.165) is 15.7 Å². The Morgan fingerprint density at radius 3 is 2.61 bits per heavy atom. The summed E-state index contributed by atoms with van der Waals surface area (Å²) in [6.07, 6.45) is 1.37. The van der Waals surface area contributed by atoms with Crippen LogP contribution in [-0.4, -0.2) is 28.8 Å². The van der Waals surface area contributed by atoms with Gasteiger partial charge >= 0.3 is 0 Å². The molecule has 0 radical (unpaired) electrons. The maximum absolute atomic E-state index is 13.6. The molecule has 160 valence electrons. The van der Waals surface area contributed by atoms with Gasteiger partial charge < -0.3 is 10.2 Å². The number of carbonyl (C=O) groups excluding carboxylic acids is 1. The largest absolute Gasteiger partial charge is 0.355 e. The van der Waals surface area contributed by atoms with Crippen LogP contribution in [-0.2, 0) is 4.79 Å². The lowest BCUT2D eigenvalue weighted by molar-refractivity contribution is -0.120. The highest BCUT2D eigenvalue weighted by Gasteiger charge is 2.26. The number of aryl methyl sites for hydroxylation is 1. The van der Waals surface area contributed by atoms with Crippen LogP contribution in [0.4, 0.5) is 15.9 Å². The van der Waals surface area contributed by atoms with Crippen molar-refractivity contribution < 1.29 is 9.18 Å². The molecule has 0 saturated carbocycles. The van der Waals surface area contributed by atoms with Crippen molar-refractivity contribution in [3.63, 3.8) is 0 Å². The van der Waals surface area contributed by atoms with E-state index < -0.39 is 5.82 Å². The highest BCUT2D eigenvalue weighted by Crippen LogP contribution is 2.25. The molecule has 1 fully saturated rings. The second kappa shape index (κ2) is 9.01. The predicted octanol–water partition coefficient (Wildman–Crippen LogP) is 4.30. The molecule has 3 aromatic rings. The summed E-state index contributed by atoms with van der Waals surface area (Å²) in [4.78, 5) is 27.0. The molecule has 0 aliphatic carbocycles. The topological polar surface area (TPSA) is 67.2 Å². The minimum Gasteiger partial charge on any atom is -0.355 e. The van der Waals surface area contributed by atoms with Gasteiger partial charge in [0.05, 0.1) is 5.69 Å². The quantitative estimate of drug-likeness (QED) is 0.599. The van der Waals surface area contributed by atoms with E-state index >= 15 is 0 Å². The van der Waals surface area contributed by atoms with E-state index in [1.54, 1.807) is 18.2 Å². The number of piperidine rings is 1. The van der Waals surface area contributed by atoms with Crippen molar-refractivity contribution in [1.29, 1.82) is 0 Å². The number of hydrogen-bond donors (Lipinski definition) is 1. The normalized spacial score (nSPS) is 14.5. The van der Waals surface area contributed by atoms with Gasteiger partial charge in [0.2, 0.25) is 5.91 Å². The highest BCUT2D eigenvalue weighted by atomic mass is 79.9. The third-order valence-electron chi connectivity index (χ3n) is 5.45. The Hall–Kier alpha value is -3.00. The fourth-order valence-electron chi connectivity index (χ4n) is 3.70. The molecule has 31 heavy (non-hydrogen) atoms. The first-order chi connectivity index (χ1) is 14.9. The predicted molar refractivity (Wildman–Crippen MR) is 122 cm³/mol. The van der Waals surface area contributed by atoms with E-state index in [-0.39, 0.29) is 17.4 Å². The zero-order valence-corrected chi connectivity index (χ0v) is 18.6. The Kier molecular flexibility index (Phi) is 6.18. The molecule has 0 spiro atoms. The van der Waals surface area contributed by atoms with Gasteiger partial charge in [-0.3, -0.25) is 9.59 Å². The number of benzene rings is 2. The fourth-order valence-corrected chi connectivity index (χ4v) is 3.95. The Bertz CT molecular complexity index is 1170. The van der Waals surface area contributed by atoms with Gasteiger partial charge in [-0.2, -0.15) is 4.68 Å². The summed E-state index contributed by atoms with van der Waals surface area (Å²) in [5.41, 5.74) is 1.91. The number of anilines is 2. The number of nitrogens with one attached hydrogen (secondary N) is 1. The summed E-state index contributed by atoms with van der Waals surface area (Å²) in [6, 6.07) is 14.6. The second-order valence-corrected chi connectivity index (χ2v) is 8.49. The minimum absolute atomic E-state index is 0.0130. The van der Waals surface area contributed by atoms with Crippen molar-refractivity contribution in [2.24, 2.45) is 5.92 Å². The highest BCUT2D eigenvalue weighted by molar-refractivity contribution is 9.10. The number of nitrogens with zero attached hydrogens (tertiary/aromatic N) is 3. The number of carbonyl (C=O) groups is 1. The van der Waals surface area contributed by atoms with Gasteiger partial charge in [-0.25, -0.2) is 4.39 Å². The van der Waals surface area contributed by atoms with E-state index in [2.05, 4.69) is 26.3 Å². The third kappa shape index (κ3) is 4.85.